The smallest absolute Gasteiger partial charge is 0.252 e. The topological polar surface area (TPSA) is 86.1 Å². The van der Waals surface area contributed by atoms with Crippen LogP contribution in [0.2, 0.25) is 0 Å². The standard InChI is InChI=1S/C23H30N2O4S2/c26-21(16-22-24-11-13-30-22)20(14-17-6-2-1-3-7-17)25-12-10-19(15-23(25)27)31(28,29)18-8-4-5-9-18/h10-13,15,17-18,20H,1-9,14,16H2. The second-order valence-electron chi connectivity index (χ2n) is 8.88. The molecule has 1 unspecified atom stereocenters. The molecule has 2 aromatic heterocycles. The van der Waals surface area contributed by atoms with Crippen LogP contribution in [0, 0.1) is 5.92 Å². The van der Waals surface area contributed by atoms with Crippen LogP contribution in [0.5, 0.6) is 0 Å². The van der Waals surface area contributed by atoms with Gasteiger partial charge in [0.05, 0.1) is 27.6 Å². The summed E-state index contributed by atoms with van der Waals surface area (Å²) in [6.45, 7) is 0. The molecule has 31 heavy (non-hydrogen) atoms. The summed E-state index contributed by atoms with van der Waals surface area (Å²) in [4.78, 5) is 30.6. The van der Waals surface area contributed by atoms with Gasteiger partial charge in [-0.25, -0.2) is 13.4 Å². The van der Waals surface area contributed by atoms with E-state index in [9.17, 15) is 18.0 Å². The van der Waals surface area contributed by atoms with Gasteiger partial charge in [0.1, 0.15) is 0 Å². The normalized spacial score (nSPS) is 19.5. The van der Waals surface area contributed by atoms with Crippen molar-refractivity contribution in [3.8, 4) is 0 Å². The summed E-state index contributed by atoms with van der Waals surface area (Å²) < 4.78 is 27.3. The summed E-state index contributed by atoms with van der Waals surface area (Å²) in [7, 11) is -3.50. The summed E-state index contributed by atoms with van der Waals surface area (Å²) in [5.41, 5.74) is -0.410. The van der Waals surface area contributed by atoms with Crippen molar-refractivity contribution in [3.63, 3.8) is 0 Å². The first-order chi connectivity index (χ1) is 14.9. The van der Waals surface area contributed by atoms with Crippen molar-refractivity contribution in [1.82, 2.24) is 9.55 Å². The molecule has 168 valence electrons. The predicted octanol–water partition coefficient (Wildman–Crippen LogP) is 4.34. The third-order valence-corrected chi connectivity index (χ3v) is 9.83. The Morgan fingerprint density at radius 3 is 2.48 bits per heavy atom. The zero-order valence-electron chi connectivity index (χ0n) is 17.7. The third-order valence-electron chi connectivity index (χ3n) is 6.79. The van der Waals surface area contributed by atoms with Crippen LogP contribution in [-0.2, 0) is 21.1 Å². The van der Waals surface area contributed by atoms with Crippen molar-refractivity contribution in [2.75, 3.05) is 0 Å². The van der Waals surface area contributed by atoms with E-state index >= 15 is 0 Å². The molecule has 2 heterocycles. The van der Waals surface area contributed by atoms with Crippen molar-refractivity contribution in [3.05, 3.63) is 45.3 Å². The number of rotatable bonds is 8. The van der Waals surface area contributed by atoms with E-state index in [1.165, 1.54) is 40.7 Å². The summed E-state index contributed by atoms with van der Waals surface area (Å²) in [6, 6.07) is 2.15. The largest absolute Gasteiger partial charge is 0.305 e. The summed E-state index contributed by atoms with van der Waals surface area (Å²) >= 11 is 1.44. The molecule has 0 radical (unpaired) electrons. The molecule has 0 aliphatic heterocycles. The Bertz CT molecular complexity index is 1050. The van der Waals surface area contributed by atoms with Crippen molar-refractivity contribution in [2.45, 2.75) is 86.8 Å². The highest BCUT2D eigenvalue weighted by Gasteiger charge is 2.32. The molecule has 0 bridgehead atoms. The van der Waals surface area contributed by atoms with Gasteiger partial charge in [-0.05, 0) is 31.2 Å². The SMILES string of the molecule is O=C(Cc1nccs1)C(CC1CCCCC1)n1ccc(S(=O)(=O)C2CCCC2)cc1=O. The third kappa shape index (κ3) is 5.17. The van der Waals surface area contributed by atoms with Crippen LogP contribution >= 0.6 is 11.3 Å². The molecule has 2 aromatic rings. The molecule has 1 atom stereocenters. The zero-order chi connectivity index (χ0) is 21.8. The summed E-state index contributed by atoms with van der Waals surface area (Å²) in [6.07, 6.45) is 12.8. The van der Waals surface area contributed by atoms with E-state index in [1.807, 2.05) is 5.38 Å². The molecule has 0 amide bonds. The van der Waals surface area contributed by atoms with Crippen LogP contribution in [0.25, 0.3) is 0 Å². The maximum absolute atomic E-state index is 13.2. The van der Waals surface area contributed by atoms with E-state index in [0.717, 1.165) is 43.5 Å². The number of aromatic nitrogens is 2. The van der Waals surface area contributed by atoms with Gasteiger partial charge in [0.15, 0.2) is 15.6 Å². The van der Waals surface area contributed by atoms with Gasteiger partial charge in [-0.15, -0.1) is 11.3 Å². The van der Waals surface area contributed by atoms with Crippen LogP contribution in [0.3, 0.4) is 0 Å². The molecular weight excluding hydrogens is 432 g/mol. The predicted molar refractivity (Wildman–Crippen MR) is 121 cm³/mol. The lowest BCUT2D eigenvalue weighted by Crippen LogP contribution is -2.33. The van der Waals surface area contributed by atoms with Gasteiger partial charge in [-0.2, -0.15) is 0 Å². The molecule has 2 fully saturated rings. The Balaban J connectivity index is 1.61. The molecule has 0 saturated heterocycles. The minimum Gasteiger partial charge on any atom is -0.305 e. The molecule has 8 heteroatoms. The quantitative estimate of drug-likeness (QED) is 0.582. The first-order valence-corrected chi connectivity index (χ1v) is 13.7. The van der Waals surface area contributed by atoms with Crippen molar-refractivity contribution in [2.24, 2.45) is 5.92 Å². The number of pyridine rings is 1. The Morgan fingerprint density at radius 2 is 1.84 bits per heavy atom. The average molecular weight is 463 g/mol. The van der Waals surface area contributed by atoms with E-state index in [4.69, 9.17) is 0 Å². The summed E-state index contributed by atoms with van der Waals surface area (Å²) in [5, 5.41) is 2.19. The molecule has 2 aliphatic rings. The molecule has 4 rings (SSSR count). The van der Waals surface area contributed by atoms with Crippen LogP contribution in [-0.4, -0.2) is 29.0 Å². The van der Waals surface area contributed by atoms with Crippen molar-refractivity contribution >= 4 is 27.0 Å². The van der Waals surface area contributed by atoms with E-state index in [0.29, 0.717) is 25.2 Å². The van der Waals surface area contributed by atoms with Gasteiger partial charge in [0, 0.05) is 23.8 Å². The second kappa shape index (κ2) is 9.77. The van der Waals surface area contributed by atoms with Gasteiger partial charge in [0.25, 0.3) is 5.56 Å². The number of hydrogen-bond donors (Lipinski definition) is 0. The number of thiazole rings is 1. The average Bonchev–Trinajstić information content (AvgIpc) is 3.47. The molecule has 2 aliphatic carbocycles. The number of nitrogens with zero attached hydrogens (tertiary/aromatic N) is 2. The fourth-order valence-electron chi connectivity index (χ4n) is 5.04. The maximum atomic E-state index is 13.2. The number of carbonyl (C=O) groups is 1. The van der Waals surface area contributed by atoms with Crippen LogP contribution in [0.4, 0.5) is 0 Å². The van der Waals surface area contributed by atoms with Gasteiger partial charge in [-0.3, -0.25) is 9.59 Å². The fraction of sp³-hybridized carbons (Fsp3) is 0.609. The lowest BCUT2D eigenvalue weighted by atomic mass is 9.83. The van der Waals surface area contributed by atoms with Gasteiger partial charge < -0.3 is 4.57 Å². The fourth-order valence-corrected chi connectivity index (χ4v) is 7.52. The number of sulfone groups is 1. The summed E-state index contributed by atoms with van der Waals surface area (Å²) in [5.74, 6) is 0.377. The number of carbonyl (C=O) groups excluding carboxylic acids is 1. The maximum Gasteiger partial charge on any atom is 0.252 e. The lowest BCUT2D eigenvalue weighted by Gasteiger charge is -2.27. The first-order valence-electron chi connectivity index (χ1n) is 11.3. The number of Topliss-reactive ketones (excluding diaryl/α,β-unsaturated/α-hetero) is 1. The molecule has 0 spiro atoms. The highest BCUT2D eigenvalue weighted by molar-refractivity contribution is 7.92. The second-order valence-corrected chi connectivity index (χ2v) is 12.1. The number of ketones is 1. The Labute approximate surface area is 187 Å². The monoisotopic (exact) mass is 462 g/mol. The Morgan fingerprint density at radius 1 is 1.13 bits per heavy atom. The van der Waals surface area contributed by atoms with Crippen LogP contribution < -0.4 is 5.56 Å². The van der Waals surface area contributed by atoms with Crippen LogP contribution in [0.15, 0.2) is 39.6 Å². The molecule has 0 aromatic carbocycles. The van der Waals surface area contributed by atoms with E-state index in [1.54, 1.807) is 6.20 Å². The van der Waals surface area contributed by atoms with Gasteiger partial charge in [-0.1, -0.05) is 44.9 Å². The highest BCUT2D eigenvalue weighted by atomic mass is 32.2. The Kier molecular flexibility index (Phi) is 7.06. The Hall–Kier alpha value is -1.80. The van der Waals surface area contributed by atoms with Crippen molar-refractivity contribution < 1.29 is 13.2 Å². The van der Waals surface area contributed by atoms with Crippen LogP contribution in [0.1, 0.15) is 75.3 Å². The zero-order valence-corrected chi connectivity index (χ0v) is 19.4. The highest BCUT2D eigenvalue weighted by Crippen LogP contribution is 2.32. The minimum absolute atomic E-state index is 0.0333. The molecular formula is C23H30N2O4S2. The lowest BCUT2D eigenvalue weighted by molar-refractivity contribution is -0.122. The minimum atomic E-state index is -3.50. The van der Waals surface area contributed by atoms with Gasteiger partial charge in [0.2, 0.25) is 0 Å². The van der Waals surface area contributed by atoms with Gasteiger partial charge >= 0.3 is 0 Å². The van der Waals surface area contributed by atoms with E-state index in [-0.39, 0.29) is 17.1 Å². The molecule has 2 saturated carbocycles. The first kappa shape index (κ1) is 22.4. The van der Waals surface area contributed by atoms with E-state index in [2.05, 4.69) is 4.98 Å². The van der Waals surface area contributed by atoms with E-state index < -0.39 is 26.7 Å². The molecule has 6 nitrogen and oxygen atoms in total. The van der Waals surface area contributed by atoms with Crippen molar-refractivity contribution in [1.29, 1.82) is 0 Å². The number of hydrogen-bond acceptors (Lipinski definition) is 6. The molecule has 0 N–H and O–H groups in total.